The van der Waals surface area contributed by atoms with Crippen LogP contribution in [0.4, 0.5) is 0 Å². The normalized spacial score (nSPS) is 11.2. The zero-order valence-electron chi connectivity index (χ0n) is 10.1. The van der Waals surface area contributed by atoms with E-state index in [9.17, 15) is 8.42 Å². The maximum Gasteiger partial charge on any atom is 0.264 e. The number of terminal acetylenes is 1. The summed E-state index contributed by atoms with van der Waals surface area (Å²) >= 11 is 0. The van der Waals surface area contributed by atoms with Gasteiger partial charge in [0.2, 0.25) is 0 Å². The minimum absolute atomic E-state index is 0.315. The molecule has 0 saturated heterocycles. The second-order valence-electron chi connectivity index (χ2n) is 3.96. The van der Waals surface area contributed by atoms with Gasteiger partial charge in [-0.2, -0.15) is 8.42 Å². The summed E-state index contributed by atoms with van der Waals surface area (Å²) < 4.78 is 25.9. The van der Waals surface area contributed by atoms with Crippen LogP contribution < -0.4 is 0 Å². The molecular weight excluding hydrogens is 224 g/mol. The number of hydrogen-bond acceptors (Lipinski definition) is 3. The van der Waals surface area contributed by atoms with E-state index in [0.29, 0.717) is 6.61 Å². The van der Waals surface area contributed by atoms with E-state index in [0.717, 1.165) is 38.4 Å². The Morgan fingerprint density at radius 1 is 1.00 bits per heavy atom. The lowest BCUT2D eigenvalue weighted by atomic mass is 10.1. The van der Waals surface area contributed by atoms with Gasteiger partial charge in [-0.25, -0.2) is 0 Å². The summed E-state index contributed by atoms with van der Waals surface area (Å²) in [5.74, 6) is 2.63. The van der Waals surface area contributed by atoms with E-state index in [1.807, 2.05) is 0 Å². The van der Waals surface area contributed by atoms with Crippen LogP contribution in [0, 0.1) is 12.3 Å². The lowest BCUT2D eigenvalue weighted by molar-refractivity contribution is 0.309. The largest absolute Gasteiger partial charge is 0.270 e. The predicted molar refractivity (Wildman–Crippen MR) is 66.6 cm³/mol. The van der Waals surface area contributed by atoms with Gasteiger partial charge < -0.3 is 0 Å². The lowest BCUT2D eigenvalue weighted by Gasteiger charge is -2.01. The smallest absolute Gasteiger partial charge is 0.264 e. The van der Waals surface area contributed by atoms with E-state index in [2.05, 4.69) is 10.1 Å². The van der Waals surface area contributed by atoms with Crippen molar-refractivity contribution in [1.82, 2.24) is 0 Å². The van der Waals surface area contributed by atoms with Crippen LogP contribution in [-0.4, -0.2) is 21.3 Å². The van der Waals surface area contributed by atoms with Crippen LogP contribution >= 0.6 is 0 Å². The van der Waals surface area contributed by atoms with Crippen LogP contribution in [0.2, 0.25) is 0 Å². The molecule has 0 aliphatic rings. The number of rotatable bonds is 10. The zero-order valence-corrected chi connectivity index (χ0v) is 10.9. The van der Waals surface area contributed by atoms with Gasteiger partial charge in [0.05, 0.1) is 12.9 Å². The molecule has 0 aliphatic carbocycles. The third kappa shape index (κ3) is 13.5. The molecule has 0 radical (unpaired) electrons. The van der Waals surface area contributed by atoms with Crippen molar-refractivity contribution in [2.75, 3.05) is 12.9 Å². The fourth-order valence-corrected chi connectivity index (χ4v) is 1.84. The van der Waals surface area contributed by atoms with Crippen molar-refractivity contribution in [2.24, 2.45) is 0 Å². The average Bonchev–Trinajstić information content (AvgIpc) is 2.19. The highest BCUT2D eigenvalue weighted by molar-refractivity contribution is 7.85. The molecule has 94 valence electrons. The molecule has 0 N–H and O–H groups in total. The SMILES string of the molecule is C#CCCCCCCCCCOS(C)(=O)=O. The van der Waals surface area contributed by atoms with Gasteiger partial charge in [-0.3, -0.25) is 4.18 Å². The molecule has 0 bridgehead atoms. The van der Waals surface area contributed by atoms with Gasteiger partial charge in [0.15, 0.2) is 0 Å². The summed E-state index contributed by atoms with van der Waals surface area (Å²) in [6.45, 7) is 0.315. The topological polar surface area (TPSA) is 43.4 Å². The fourth-order valence-electron chi connectivity index (χ4n) is 1.42. The van der Waals surface area contributed by atoms with E-state index in [1.54, 1.807) is 0 Å². The van der Waals surface area contributed by atoms with Crippen LogP contribution in [0.15, 0.2) is 0 Å². The molecule has 0 spiro atoms. The molecule has 0 heterocycles. The van der Waals surface area contributed by atoms with Crippen molar-refractivity contribution < 1.29 is 12.6 Å². The molecular formula is C12H22O3S. The molecule has 0 aromatic rings. The van der Waals surface area contributed by atoms with Gasteiger partial charge in [0.1, 0.15) is 0 Å². The highest BCUT2D eigenvalue weighted by Gasteiger charge is 1.99. The van der Waals surface area contributed by atoms with Gasteiger partial charge >= 0.3 is 0 Å². The first-order valence-electron chi connectivity index (χ1n) is 5.84. The molecule has 0 saturated carbocycles. The molecule has 0 rings (SSSR count). The minimum atomic E-state index is -3.25. The molecule has 4 heteroatoms. The Labute approximate surface area is 99.7 Å². The van der Waals surface area contributed by atoms with Crippen molar-refractivity contribution in [3.05, 3.63) is 0 Å². The Kier molecular flexibility index (Phi) is 9.36. The van der Waals surface area contributed by atoms with Crippen LogP contribution in [-0.2, 0) is 14.3 Å². The number of hydrogen-bond donors (Lipinski definition) is 0. The van der Waals surface area contributed by atoms with Crippen LogP contribution in [0.25, 0.3) is 0 Å². The highest BCUT2D eigenvalue weighted by Crippen LogP contribution is 2.08. The third-order valence-electron chi connectivity index (χ3n) is 2.26. The van der Waals surface area contributed by atoms with E-state index >= 15 is 0 Å². The third-order valence-corrected chi connectivity index (χ3v) is 2.86. The van der Waals surface area contributed by atoms with Gasteiger partial charge in [-0.1, -0.05) is 32.1 Å². The van der Waals surface area contributed by atoms with Gasteiger partial charge in [-0.15, -0.1) is 12.3 Å². The second kappa shape index (κ2) is 9.68. The molecule has 16 heavy (non-hydrogen) atoms. The van der Waals surface area contributed by atoms with E-state index in [-0.39, 0.29) is 0 Å². The molecule has 0 amide bonds. The van der Waals surface area contributed by atoms with Crippen LogP contribution in [0.1, 0.15) is 51.4 Å². The Morgan fingerprint density at radius 2 is 1.50 bits per heavy atom. The average molecular weight is 246 g/mol. The molecule has 0 atom stereocenters. The zero-order chi connectivity index (χ0) is 12.3. The van der Waals surface area contributed by atoms with Crippen molar-refractivity contribution >= 4 is 10.1 Å². The summed E-state index contributed by atoms with van der Waals surface area (Å²) in [6, 6.07) is 0. The van der Waals surface area contributed by atoms with E-state index < -0.39 is 10.1 Å². The van der Waals surface area contributed by atoms with Crippen molar-refractivity contribution in [3.8, 4) is 12.3 Å². The standard InChI is InChI=1S/C12H22O3S/c1-3-4-5-6-7-8-9-10-11-12-15-16(2,13)14/h1H,4-12H2,2H3. The van der Waals surface area contributed by atoms with Crippen molar-refractivity contribution in [1.29, 1.82) is 0 Å². The molecule has 0 fully saturated rings. The Bertz CT molecular complexity index is 288. The van der Waals surface area contributed by atoms with Gasteiger partial charge in [0, 0.05) is 6.42 Å². The van der Waals surface area contributed by atoms with Crippen LogP contribution in [0.5, 0.6) is 0 Å². The summed E-state index contributed by atoms with van der Waals surface area (Å²) in [5, 5.41) is 0. The number of unbranched alkanes of at least 4 members (excludes halogenated alkanes) is 7. The first-order valence-corrected chi connectivity index (χ1v) is 7.66. The predicted octanol–water partition coefficient (Wildman–Crippen LogP) is 2.72. The summed E-state index contributed by atoms with van der Waals surface area (Å²) in [7, 11) is -3.25. The maximum atomic E-state index is 10.6. The Hall–Kier alpha value is -0.530. The Morgan fingerprint density at radius 3 is 2.00 bits per heavy atom. The fraction of sp³-hybridized carbons (Fsp3) is 0.833. The summed E-state index contributed by atoms with van der Waals surface area (Å²) in [4.78, 5) is 0. The monoisotopic (exact) mass is 246 g/mol. The quantitative estimate of drug-likeness (QED) is 0.338. The molecule has 0 aromatic carbocycles. The summed E-state index contributed by atoms with van der Waals surface area (Å²) in [6.07, 6.45) is 14.8. The van der Waals surface area contributed by atoms with Gasteiger partial charge in [-0.05, 0) is 12.8 Å². The summed E-state index contributed by atoms with van der Waals surface area (Å²) in [5.41, 5.74) is 0. The molecule has 3 nitrogen and oxygen atoms in total. The van der Waals surface area contributed by atoms with Crippen molar-refractivity contribution in [3.63, 3.8) is 0 Å². The lowest BCUT2D eigenvalue weighted by Crippen LogP contribution is -2.03. The highest BCUT2D eigenvalue weighted by atomic mass is 32.2. The van der Waals surface area contributed by atoms with Crippen LogP contribution in [0.3, 0.4) is 0 Å². The van der Waals surface area contributed by atoms with E-state index in [1.165, 1.54) is 19.3 Å². The molecule has 0 unspecified atom stereocenters. The molecule has 0 aromatic heterocycles. The second-order valence-corrected chi connectivity index (χ2v) is 5.60. The maximum absolute atomic E-state index is 10.6. The van der Waals surface area contributed by atoms with E-state index in [4.69, 9.17) is 6.42 Å². The first kappa shape index (κ1) is 15.5. The van der Waals surface area contributed by atoms with Gasteiger partial charge in [0.25, 0.3) is 10.1 Å². The first-order chi connectivity index (χ1) is 7.56. The molecule has 0 aliphatic heterocycles. The van der Waals surface area contributed by atoms with Crippen molar-refractivity contribution in [2.45, 2.75) is 51.4 Å². The Balaban J connectivity index is 3.08. The minimum Gasteiger partial charge on any atom is -0.270 e.